The van der Waals surface area contributed by atoms with Crippen LogP contribution in [0.25, 0.3) is 6.08 Å². The fourth-order valence-electron chi connectivity index (χ4n) is 3.18. The molecule has 2 aliphatic heterocycles. The first-order valence-electron chi connectivity index (χ1n) is 9.23. The second-order valence-electron chi connectivity index (χ2n) is 6.84. The van der Waals surface area contributed by atoms with E-state index >= 15 is 0 Å². The maximum Gasteiger partial charge on any atom is 0.246 e. The van der Waals surface area contributed by atoms with Crippen molar-refractivity contribution in [2.24, 2.45) is 0 Å². The van der Waals surface area contributed by atoms with Crippen LogP contribution in [-0.2, 0) is 14.3 Å². The van der Waals surface area contributed by atoms with Crippen LogP contribution in [0.15, 0.2) is 30.3 Å². The van der Waals surface area contributed by atoms with E-state index in [1.807, 2.05) is 47.1 Å². The molecule has 148 valence electrons. The van der Waals surface area contributed by atoms with Crippen molar-refractivity contribution in [2.75, 3.05) is 59.0 Å². The SMILES string of the molecule is Cc1ccc(/C=C/C(=O)N2CCN(CC(=O)N3CCOCC3)CC2)cc1.Cl. The van der Waals surface area contributed by atoms with Gasteiger partial charge in [-0.1, -0.05) is 29.8 Å². The summed E-state index contributed by atoms with van der Waals surface area (Å²) in [5.41, 5.74) is 2.23. The lowest BCUT2D eigenvalue weighted by molar-refractivity contribution is -0.137. The van der Waals surface area contributed by atoms with Gasteiger partial charge in [0.05, 0.1) is 19.8 Å². The first-order valence-corrected chi connectivity index (χ1v) is 9.23. The van der Waals surface area contributed by atoms with E-state index in [2.05, 4.69) is 4.90 Å². The summed E-state index contributed by atoms with van der Waals surface area (Å²) in [5, 5.41) is 0. The van der Waals surface area contributed by atoms with Gasteiger partial charge in [0.15, 0.2) is 0 Å². The number of halogens is 1. The van der Waals surface area contributed by atoms with Crippen LogP contribution in [0.5, 0.6) is 0 Å². The van der Waals surface area contributed by atoms with Crippen molar-refractivity contribution in [3.05, 3.63) is 41.5 Å². The van der Waals surface area contributed by atoms with Gasteiger partial charge in [0.2, 0.25) is 11.8 Å². The molecular weight excluding hydrogens is 366 g/mol. The molecule has 0 radical (unpaired) electrons. The standard InChI is InChI=1S/C20H27N3O3.ClH/c1-17-2-4-18(5-3-17)6-7-19(24)22-10-8-21(9-11-22)16-20(25)23-12-14-26-15-13-23;/h2-7H,8-16H2,1H3;1H/b7-6+;. The number of aryl methyl sites for hydroxylation is 1. The Bertz CT molecular complexity index is 649. The first-order chi connectivity index (χ1) is 12.6. The number of ether oxygens (including phenoxy) is 1. The molecule has 27 heavy (non-hydrogen) atoms. The van der Waals surface area contributed by atoms with Gasteiger partial charge >= 0.3 is 0 Å². The summed E-state index contributed by atoms with van der Waals surface area (Å²) in [6.07, 6.45) is 3.50. The van der Waals surface area contributed by atoms with Crippen molar-refractivity contribution in [2.45, 2.75) is 6.92 Å². The Balaban J connectivity index is 0.00000261. The number of amides is 2. The molecule has 2 aliphatic rings. The molecule has 3 rings (SSSR count). The molecule has 2 fully saturated rings. The van der Waals surface area contributed by atoms with Crippen LogP contribution in [0.1, 0.15) is 11.1 Å². The molecule has 0 atom stereocenters. The highest BCUT2D eigenvalue weighted by Gasteiger charge is 2.24. The van der Waals surface area contributed by atoms with Gasteiger partial charge in [-0.05, 0) is 18.6 Å². The highest BCUT2D eigenvalue weighted by atomic mass is 35.5. The van der Waals surface area contributed by atoms with Crippen molar-refractivity contribution in [3.8, 4) is 0 Å². The summed E-state index contributed by atoms with van der Waals surface area (Å²) in [6.45, 7) is 7.88. The van der Waals surface area contributed by atoms with E-state index in [4.69, 9.17) is 4.74 Å². The number of benzene rings is 1. The third-order valence-electron chi connectivity index (χ3n) is 4.90. The number of carbonyl (C=O) groups is 2. The summed E-state index contributed by atoms with van der Waals surface area (Å²) in [7, 11) is 0. The monoisotopic (exact) mass is 393 g/mol. The molecule has 0 N–H and O–H groups in total. The average molecular weight is 394 g/mol. The molecular formula is C20H28ClN3O3. The molecule has 0 aliphatic carbocycles. The molecule has 0 spiro atoms. The predicted octanol–water partition coefficient (Wildman–Crippen LogP) is 1.43. The number of rotatable bonds is 4. The number of morpholine rings is 1. The lowest BCUT2D eigenvalue weighted by Gasteiger charge is -2.35. The third-order valence-corrected chi connectivity index (χ3v) is 4.90. The van der Waals surface area contributed by atoms with Crippen LogP contribution >= 0.6 is 12.4 Å². The minimum Gasteiger partial charge on any atom is -0.378 e. The maximum absolute atomic E-state index is 12.3. The van der Waals surface area contributed by atoms with Crippen molar-refractivity contribution in [1.82, 2.24) is 14.7 Å². The molecule has 6 nitrogen and oxygen atoms in total. The zero-order valence-electron chi connectivity index (χ0n) is 15.8. The summed E-state index contributed by atoms with van der Waals surface area (Å²) in [4.78, 5) is 30.5. The van der Waals surface area contributed by atoms with Gasteiger partial charge in [-0.2, -0.15) is 0 Å². The number of piperazine rings is 1. The molecule has 0 unspecified atom stereocenters. The van der Waals surface area contributed by atoms with Crippen LogP contribution in [-0.4, -0.2) is 85.5 Å². The van der Waals surface area contributed by atoms with Gasteiger partial charge in [0.1, 0.15) is 0 Å². The third kappa shape index (κ3) is 6.34. The zero-order chi connectivity index (χ0) is 18.4. The summed E-state index contributed by atoms with van der Waals surface area (Å²) in [5.74, 6) is 0.192. The smallest absolute Gasteiger partial charge is 0.246 e. The summed E-state index contributed by atoms with van der Waals surface area (Å²) in [6, 6.07) is 8.09. The van der Waals surface area contributed by atoms with E-state index < -0.39 is 0 Å². The minimum atomic E-state index is 0. The molecule has 2 amide bonds. The Kier molecular flexibility index (Phi) is 8.28. The number of nitrogens with zero attached hydrogens (tertiary/aromatic N) is 3. The number of hydrogen-bond acceptors (Lipinski definition) is 4. The Hall–Kier alpha value is -1.89. The molecule has 0 bridgehead atoms. The van der Waals surface area contributed by atoms with Crippen LogP contribution in [0.3, 0.4) is 0 Å². The van der Waals surface area contributed by atoms with E-state index in [1.165, 1.54) is 5.56 Å². The van der Waals surface area contributed by atoms with Crippen LogP contribution in [0.2, 0.25) is 0 Å². The van der Waals surface area contributed by atoms with Gasteiger partial charge in [-0.3, -0.25) is 14.5 Å². The second kappa shape index (κ2) is 10.4. The van der Waals surface area contributed by atoms with E-state index in [-0.39, 0.29) is 24.2 Å². The predicted molar refractivity (Wildman–Crippen MR) is 108 cm³/mol. The van der Waals surface area contributed by atoms with E-state index in [1.54, 1.807) is 6.08 Å². The Morgan fingerprint density at radius 2 is 1.59 bits per heavy atom. The fourth-order valence-corrected chi connectivity index (χ4v) is 3.18. The van der Waals surface area contributed by atoms with E-state index in [0.717, 1.165) is 18.7 Å². The van der Waals surface area contributed by atoms with Crippen molar-refractivity contribution in [3.63, 3.8) is 0 Å². The van der Waals surface area contributed by atoms with Gasteiger partial charge in [-0.25, -0.2) is 0 Å². The highest BCUT2D eigenvalue weighted by molar-refractivity contribution is 5.91. The maximum atomic E-state index is 12.3. The highest BCUT2D eigenvalue weighted by Crippen LogP contribution is 2.08. The minimum absolute atomic E-state index is 0. The lowest BCUT2D eigenvalue weighted by Crippen LogP contribution is -2.52. The molecule has 2 heterocycles. The quantitative estimate of drug-likeness (QED) is 0.726. The Labute approximate surface area is 167 Å². The van der Waals surface area contributed by atoms with E-state index in [9.17, 15) is 9.59 Å². The van der Waals surface area contributed by atoms with Crippen molar-refractivity contribution in [1.29, 1.82) is 0 Å². The van der Waals surface area contributed by atoms with Crippen LogP contribution < -0.4 is 0 Å². The molecule has 1 aromatic rings. The zero-order valence-corrected chi connectivity index (χ0v) is 16.6. The normalized spacial score (nSPS) is 18.4. The fraction of sp³-hybridized carbons (Fsp3) is 0.500. The van der Waals surface area contributed by atoms with Crippen LogP contribution in [0, 0.1) is 6.92 Å². The van der Waals surface area contributed by atoms with Crippen molar-refractivity contribution < 1.29 is 14.3 Å². The summed E-state index contributed by atoms with van der Waals surface area (Å²) >= 11 is 0. The van der Waals surface area contributed by atoms with Crippen molar-refractivity contribution >= 4 is 30.3 Å². The Morgan fingerprint density at radius 1 is 0.963 bits per heavy atom. The molecule has 7 heteroatoms. The van der Waals surface area contributed by atoms with Gasteiger partial charge < -0.3 is 14.5 Å². The van der Waals surface area contributed by atoms with Gasteiger partial charge in [0, 0.05) is 45.3 Å². The lowest BCUT2D eigenvalue weighted by atomic mass is 10.1. The summed E-state index contributed by atoms with van der Waals surface area (Å²) < 4.78 is 5.28. The Morgan fingerprint density at radius 3 is 2.22 bits per heavy atom. The molecule has 2 saturated heterocycles. The molecule has 0 saturated carbocycles. The second-order valence-corrected chi connectivity index (χ2v) is 6.84. The van der Waals surface area contributed by atoms with E-state index in [0.29, 0.717) is 45.9 Å². The topological polar surface area (TPSA) is 53.1 Å². The van der Waals surface area contributed by atoms with Crippen LogP contribution in [0.4, 0.5) is 0 Å². The first kappa shape index (κ1) is 21.4. The van der Waals surface area contributed by atoms with Gasteiger partial charge in [-0.15, -0.1) is 12.4 Å². The van der Waals surface area contributed by atoms with Gasteiger partial charge in [0.25, 0.3) is 0 Å². The number of carbonyl (C=O) groups excluding carboxylic acids is 2. The number of hydrogen-bond donors (Lipinski definition) is 0. The molecule has 1 aromatic carbocycles. The molecule has 0 aromatic heterocycles. The largest absolute Gasteiger partial charge is 0.378 e. The average Bonchev–Trinajstić information content (AvgIpc) is 2.68.